The Balaban J connectivity index is 0.000000196. The molecular formula is C98H117N3O29. The molecule has 3 amide bonds. The number of esters is 6. The predicted molar refractivity (Wildman–Crippen MR) is 462 cm³/mol. The third-order valence-electron chi connectivity index (χ3n) is 28.2. The molecule has 5 aromatic carbocycles. The first-order valence-corrected chi connectivity index (χ1v) is 43.6. The lowest BCUT2D eigenvalue weighted by molar-refractivity contribution is -0.384. The summed E-state index contributed by atoms with van der Waals surface area (Å²) in [5.74, 6) is -12.1. The van der Waals surface area contributed by atoms with Crippen molar-refractivity contribution in [2.24, 2.45) is 57.2 Å². The lowest BCUT2D eigenvalue weighted by Gasteiger charge is -2.67. The van der Waals surface area contributed by atoms with E-state index in [0.29, 0.717) is 27.9 Å². The molecule has 5 aromatic rings. The number of carbonyl (C=O) groups excluding carboxylic acids is 12. The quantitative estimate of drug-likeness (QED) is 0.0124. The first-order chi connectivity index (χ1) is 60.6. The number of β-lactam (4-membered cyclic amide) rings is 1. The molecule has 9 aliphatic rings. The first-order valence-electron chi connectivity index (χ1n) is 43.6. The number of nitro benzene ring substituents is 1. The molecule has 4 bridgehead atoms. The van der Waals surface area contributed by atoms with Crippen LogP contribution in [0.4, 0.5) is 20.1 Å². The highest BCUT2D eigenvalue weighted by Gasteiger charge is 2.80. The second kappa shape index (κ2) is 36.0. The maximum Gasteiger partial charge on any atom is 0.516 e. The SMILES string of the molecule is CC(=O)O[C@@]12CO[C@@H]1C[C@H](O)[C@@]1(C)C(=O)[C@H](C)C3=C(C)[C@@H](OC(=O)[C@H](C)[C@@H](NC(=O)OC(C)(C)C)c4ccccc4)C[C@@](O)([C@@H](OC(=O)c4ccccc4)C12)C3(C)C.CC(=O)O[C@@]12CO[C@@H]1C[C@H](OC(=O)OC(=O)c1ccc([N+](=O)[O-])cc1)[C@@]1(C)C(=O)[C@H](C)C3=C(C)[C@@H](O)C[C@@](O)([C@@H](OC(=O)c4ccccc4)C12)C3(C)C.C[C@H]1C(=O)N(C(=O)OC(C)(C)C)[C@H]1c1ccccc1. The minimum Gasteiger partial charge on any atom is -0.457 e. The summed E-state index contributed by atoms with van der Waals surface area (Å²) < 4.78 is 64.7. The van der Waals surface area contributed by atoms with Crippen molar-refractivity contribution in [2.45, 2.75) is 259 Å². The van der Waals surface area contributed by atoms with Gasteiger partial charge in [-0.3, -0.25) is 38.9 Å². The zero-order valence-corrected chi connectivity index (χ0v) is 76.7. The van der Waals surface area contributed by atoms with Crippen molar-refractivity contribution in [3.63, 3.8) is 0 Å². The van der Waals surface area contributed by atoms with Crippen molar-refractivity contribution in [2.75, 3.05) is 13.2 Å². The Labute approximate surface area is 753 Å². The number of carbonyl (C=O) groups is 12. The van der Waals surface area contributed by atoms with Crippen LogP contribution in [-0.4, -0.2) is 198 Å². The maximum absolute atomic E-state index is 15.3. The third kappa shape index (κ3) is 17.5. The van der Waals surface area contributed by atoms with Crippen LogP contribution in [0.25, 0.3) is 0 Å². The van der Waals surface area contributed by atoms with E-state index in [1.165, 1.54) is 30.9 Å². The number of fused-ring (bicyclic) bond motifs is 10. The number of non-ortho nitro benzene ring substituents is 1. The van der Waals surface area contributed by atoms with E-state index in [9.17, 15) is 78.5 Å². The van der Waals surface area contributed by atoms with Crippen LogP contribution in [0.3, 0.4) is 0 Å². The van der Waals surface area contributed by atoms with Gasteiger partial charge in [-0.25, -0.2) is 33.7 Å². The summed E-state index contributed by atoms with van der Waals surface area (Å²) in [5, 5.41) is 64.0. The van der Waals surface area contributed by atoms with E-state index in [0.717, 1.165) is 36.8 Å². The molecule has 4 saturated carbocycles. The lowest BCUT2D eigenvalue weighted by Crippen LogP contribution is -2.81. The number of ketones is 2. The number of likely N-dealkylation sites (tertiary alicyclic amines) is 1. The summed E-state index contributed by atoms with van der Waals surface area (Å²) in [6, 6.07) is 37.7. The summed E-state index contributed by atoms with van der Waals surface area (Å²) in [6.45, 7) is 32.6. The van der Waals surface area contributed by atoms with Crippen molar-refractivity contribution in [3.8, 4) is 0 Å². The fourth-order valence-electron chi connectivity index (χ4n) is 21.8. The molecule has 2 unspecified atom stereocenters. The number of benzene rings is 5. The number of hydrogen-bond donors (Lipinski definition) is 5. The molecule has 32 nitrogen and oxygen atoms in total. The second-order valence-electron chi connectivity index (χ2n) is 39.1. The Bertz CT molecular complexity index is 5310. The number of rotatable bonds is 15. The highest BCUT2D eigenvalue weighted by atomic mass is 16.7. The normalized spacial score (nSPS) is 32.3. The molecule has 0 radical (unpaired) electrons. The molecule has 0 aromatic heterocycles. The molecular weight excluding hydrogens is 1680 g/mol. The number of amides is 3. The number of aliphatic hydroxyl groups is 4. The second-order valence-corrected chi connectivity index (χ2v) is 39.1. The predicted octanol–water partition coefficient (Wildman–Crippen LogP) is 13.2. The topological polar surface area (TPSA) is 446 Å². The lowest BCUT2D eigenvalue weighted by atomic mass is 9.43. The van der Waals surface area contributed by atoms with Crippen molar-refractivity contribution in [1.29, 1.82) is 0 Å². The van der Waals surface area contributed by atoms with Crippen molar-refractivity contribution >= 4 is 77.3 Å². The van der Waals surface area contributed by atoms with Gasteiger partial charge in [-0.05, 0) is 146 Å². The fourth-order valence-corrected chi connectivity index (χ4v) is 21.8. The van der Waals surface area contributed by atoms with Crippen LogP contribution in [0.1, 0.15) is 218 Å². The van der Waals surface area contributed by atoms with Gasteiger partial charge in [0.05, 0.1) is 93.6 Å². The Morgan fingerprint density at radius 2 is 1.00 bits per heavy atom. The number of nitrogens with zero attached hydrogens (tertiary/aromatic N) is 2. The van der Waals surface area contributed by atoms with E-state index in [4.69, 9.17) is 52.1 Å². The smallest absolute Gasteiger partial charge is 0.457 e. The van der Waals surface area contributed by atoms with Crippen LogP contribution < -0.4 is 5.32 Å². The Hall–Kier alpha value is -11.4. The highest BCUT2D eigenvalue weighted by Crippen LogP contribution is 2.68. The maximum atomic E-state index is 15.3. The van der Waals surface area contributed by atoms with Crippen LogP contribution in [0.15, 0.2) is 168 Å². The highest BCUT2D eigenvalue weighted by molar-refractivity contribution is 6.00. The van der Waals surface area contributed by atoms with E-state index < -0.39 is 210 Å². The van der Waals surface area contributed by atoms with Gasteiger partial charge in [0, 0.05) is 74.3 Å². The van der Waals surface area contributed by atoms with Crippen LogP contribution in [0.2, 0.25) is 0 Å². The number of ether oxygens (including phenoxy) is 11. The molecule has 698 valence electrons. The van der Waals surface area contributed by atoms with Gasteiger partial charge in [-0.1, -0.05) is 146 Å². The summed E-state index contributed by atoms with van der Waals surface area (Å²) in [7, 11) is 0. The molecule has 7 fully saturated rings. The number of nitro groups is 1. The van der Waals surface area contributed by atoms with E-state index >= 15 is 9.59 Å². The monoisotopic (exact) mass is 1800 g/mol. The largest absolute Gasteiger partial charge is 0.516 e. The molecule has 3 aliphatic heterocycles. The van der Waals surface area contributed by atoms with Gasteiger partial charge in [-0.2, -0.15) is 0 Å². The van der Waals surface area contributed by atoms with Crippen LogP contribution in [-0.2, 0) is 80.9 Å². The molecule has 130 heavy (non-hydrogen) atoms. The summed E-state index contributed by atoms with van der Waals surface area (Å²) in [6.07, 6.45) is -14.2. The van der Waals surface area contributed by atoms with Gasteiger partial charge in [0.2, 0.25) is 5.91 Å². The molecule has 6 aliphatic carbocycles. The van der Waals surface area contributed by atoms with Crippen LogP contribution in [0, 0.1) is 67.3 Å². The number of nitrogens with one attached hydrogen (secondary N) is 1. The van der Waals surface area contributed by atoms with Crippen molar-refractivity contribution in [1.82, 2.24) is 10.2 Å². The van der Waals surface area contributed by atoms with Crippen molar-refractivity contribution < 1.29 is 135 Å². The summed E-state index contributed by atoms with van der Waals surface area (Å²) in [5.41, 5.74) is -12.0. The van der Waals surface area contributed by atoms with Gasteiger partial charge in [-0.15, -0.1) is 0 Å². The molecule has 3 saturated heterocycles. The van der Waals surface area contributed by atoms with Gasteiger partial charge in [0.25, 0.3) is 5.69 Å². The average molecular weight is 1800 g/mol. The standard InChI is InChI=1S/C45H57NO12.C38H41NO14.C15H19NO3/c1-24-30(55-38(50)26(3)34(28-17-13-11-14-18-28)46-40(52)58-41(5,6)7)22-45(53)37(56-39(51)29-19-15-12-16-20-29)35-43(10,36(49)25(2)33(24)42(45,8)9)31(48)21-32-44(35,23-54-32)57-27(4)47;1-19-25(41)17-38(46)31(51-32(43)22-10-8-7-9-11-22)29-36(6,30(42)20(2)28(19)35(38,4)5)26(16-27-37(29,18-49-27)53-21(3)40)50-34(45)52-33(44)23-12-14-24(15-13-23)39(47)48;1-10-12(11-8-6-5-7-9-11)16(13(10)17)14(18)19-15(2,3)4/h11-20,25-26,30-32,34-35,37,48,53H,21-23H2,1-10H3,(H,46,52);7-15,20,25-27,29,31,41,46H,16-18H2,1-6H3;5-10,12H,1-4H3/t25-,26-,30+,31+,32-,34-,35?,37+,43-,44+,45-;20-,25+,26+,27-,29?,31+,36-,37+,38-;10-,12-/m111/s1. The van der Waals surface area contributed by atoms with E-state index in [-0.39, 0.29) is 79.1 Å². The zero-order valence-electron chi connectivity index (χ0n) is 76.7. The van der Waals surface area contributed by atoms with Gasteiger partial charge >= 0.3 is 54.2 Å². The van der Waals surface area contributed by atoms with Gasteiger partial charge in [0.15, 0.2) is 11.2 Å². The van der Waals surface area contributed by atoms with E-state index in [1.807, 2.05) is 43.3 Å². The van der Waals surface area contributed by atoms with Crippen LogP contribution >= 0.6 is 0 Å². The Kier molecular flexibility index (Phi) is 27.1. The molecule has 14 rings (SSSR count). The first kappa shape index (κ1) is 97.6. The van der Waals surface area contributed by atoms with E-state index in [2.05, 4.69) is 5.32 Å². The third-order valence-corrected chi connectivity index (χ3v) is 28.2. The minimum atomic E-state index is -2.12. The fraction of sp³-hybridized carbons (Fsp3) is 0.531. The minimum absolute atomic E-state index is 0.0457. The van der Waals surface area contributed by atoms with Gasteiger partial charge in [0.1, 0.15) is 70.6 Å². The number of hydrogen-bond acceptors (Lipinski definition) is 29. The summed E-state index contributed by atoms with van der Waals surface area (Å²) in [4.78, 5) is 174. The average Bonchev–Trinajstić information content (AvgIpc) is 0.671. The Morgan fingerprint density at radius 1 is 0.562 bits per heavy atom. The number of Topliss-reactive ketones (excluding diaryl/α,β-unsaturated/α-hetero) is 2. The molecule has 32 heteroatoms. The summed E-state index contributed by atoms with van der Waals surface area (Å²) >= 11 is 0. The van der Waals surface area contributed by atoms with Crippen molar-refractivity contribution in [3.05, 3.63) is 206 Å². The molecule has 3 heterocycles. The molecule has 22 atom stereocenters. The number of imide groups is 1. The molecule has 0 spiro atoms. The van der Waals surface area contributed by atoms with E-state index in [1.54, 1.807) is 184 Å². The number of aliphatic hydroxyl groups excluding tert-OH is 2. The zero-order chi connectivity index (χ0) is 95.8. The van der Waals surface area contributed by atoms with Gasteiger partial charge < -0.3 is 77.8 Å². The Morgan fingerprint density at radius 3 is 1.46 bits per heavy atom. The number of alkyl carbamates (subject to hydrolysis) is 1. The molecule has 5 N–H and O–H groups in total. The van der Waals surface area contributed by atoms with Crippen LogP contribution in [0.5, 0.6) is 0 Å².